The average molecular weight is 562 g/mol. The second-order valence-corrected chi connectivity index (χ2v) is 11.2. The van der Waals surface area contributed by atoms with Crippen LogP contribution in [0.15, 0.2) is 164 Å². The molecule has 44 heavy (non-hydrogen) atoms. The standard InChI is InChI=1S/C41H27N3/c1-3-13-28(14-4-1)29-15-11-16-30(27-29)35-21-12-24-39(42-35)44-36-22-9-7-19-32(36)33-25-26-38-40(41(33)44)34-20-8-10-23-37(34)43(38)31-17-5-2-6-18-31/h1-27H. The second kappa shape index (κ2) is 9.82. The Morgan fingerprint density at radius 3 is 1.84 bits per heavy atom. The van der Waals surface area contributed by atoms with E-state index in [4.69, 9.17) is 4.98 Å². The Morgan fingerprint density at radius 2 is 1.02 bits per heavy atom. The second-order valence-electron chi connectivity index (χ2n) is 11.2. The molecule has 0 atom stereocenters. The predicted octanol–water partition coefficient (Wildman–Crippen LogP) is 10.6. The summed E-state index contributed by atoms with van der Waals surface area (Å²) in [4.78, 5) is 5.33. The van der Waals surface area contributed by atoms with Crippen molar-refractivity contribution in [2.45, 2.75) is 0 Å². The quantitative estimate of drug-likeness (QED) is 0.210. The monoisotopic (exact) mass is 561 g/mol. The molecule has 0 amide bonds. The molecule has 0 saturated heterocycles. The van der Waals surface area contributed by atoms with Crippen molar-refractivity contribution in [1.82, 2.24) is 14.1 Å². The van der Waals surface area contributed by atoms with E-state index < -0.39 is 0 Å². The normalized spacial score (nSPS) is 11.6. The van der Waals surface area contributed by atoms with Gasteiger partial charge in [0.1, 0.15) is 5.82 Å². The molecular weight excluding hydrogens is 534 g/mol. The molecule has 0 aliphatic heterocycles. The summed E-state index contributed by atoms with van der Waals surface area (Å²) in [7, 11) is 0. The molecule has 0 aliphatic carbocycles. The highest BCUT2D eigenvalue weighted by molar-refractivity contribution is 6.26. The summed E-state index contributed by atoms with van der Waals surface area (Å²) in [5.41, 5.74) is 10.3. The number of aromatic nitrogens is 3. The summed E-state index contributed by atoms with van der Waals surface area (Å²) in [5, 5.41) is 4.91. The van der Waals surface area contributed by atoms with Gasteiger partial charge in [-0.1, -0.05) is 115 Å². The van der Waals surface area contributed by atoms with E-state index in [9.17, 15) is 0 Å². The van der Waals surface area contributed by atoms with Crippen LogP contribution < -0.4 is 0 Å². The SMILES string of the molecule is c1ccc(-c2cccc(-c3cccc(-n4c5ccccc5c5ccc6c(c7ccccc7n6-c6ccccc6)c54)n3)c2)cc1. The Balaban J connectivity index is 1.34. The fourth-order valence-corrected chi connectivity index (χ4v) is 6.80. The number of pyridine rings is 1. The van der Waals surface area contributed by atoms with Gasteiger partial charge < -0.3 is 4.57 Å². The van der Waals surface area contributed by atoms with Crippen LogP contribution in [-0.4, -0.2) is 14.1 Å². The van der Waals surface area contributed by atoms with Crippen LogP contribution >= 0.6 is 0 Å². The maximum absolute atomic E-state index is 5.33. The lowest BCUT2D eigenvalue weighted by Gasteiger charge is -2.11. The van der Waals surface area contributed by atoms with E-state index in [2.05, 4.69) is 173 Å². The van der Waals surface area contributed by atoms with E-state index in [-0.39, 0.29) is 0 Å². The third-order valence-corrected chi connectivity index (χ3v) is 8.71. The topological polar surface area (TPSA) is 22.8 Å². The van der Waals surface area contributed by atoms with Crippen LogP contribution in [0.4, 0.5) is 0 Å². The summed E-state index contributed by atoms with van der Waals surface area (Å²) in [6.45, 7) is 0. The zero-order valence-corrected chi connectivity index (χ0v) is 23.9. The van der Waals surface area contributed by atoms with Gasteiger partial charge in [-0.05, 0) is 59.7 Å². The molecule has 0 saturated carbocycles. The van der Waals surface area contributed by atoms with Gasteiger partial charge in [0.15, 0.2) is 0 Å². The molecule has 0 fully saturated rings. The van der Waals surface area contributed by atoms with Crippen molar-refractivity contribution in [3.8, 4) is 33.9 Å². The summed E-state index contributed by atoms with van der Waals surface area (Å²) < 4.78 is 4.74. The molecule has 3 heteroatoms. The van der Waals surface area contributed by atoms with Gasteiger partial charge in [0, 0.05) is 32.8 Å². The third kappa shape index (κ3) is 3.73. The lowest BCUT2D eigenvalue weighted by atomic mass is 10.0. The summed E-state index contributed by atoms with van der Waals surface area (Å²) in [6.07, 6.45) is 0. The molecular formula is C41H27N3. The largest absolute Gasteiger partial charge is 0.309 e. The molecule has 3 aromatic heterocycles. The van der Waals surface area contributed by atoms with E-state index >= 15 is 0 Å². The molecule has 0 unspecified atom stereocenters. The van der Waals surface area contributed by atoms with Crippen LogP contribution in [0, 0.1) is 0 Å². The number of hydrogen-bond acceptors (Lipinski definition) is 1. The van der Waals surface area contributed by atoms with E-state index in [0.29, 0.717) is 0 Å². The smallest absolute Gasteiger partial charge is 0.138 e. The van der Waals surface area contributed by atoms with E-state index in [1.165, 1.54) is 49.2 Å². The van der Waals surface area contributed by atoms with Crippen molar-refractivity contribution in [1.29, 1.82) is 0 Å². The van der Waals surface area contributed by atoms with Crippen LogP contribution in [0.5, 0.6) is 0 Å². The van der Waals surface area contributed by atoms with Gasteiger partial charge in [0.25, 0.3) is 0 Å². The van der Waals surface area contributed by atoms with Crippen molar-refractivity contribution in [2.24, 2.45) is 0 Å². The molecule has 3 heterocycles. The maximum atomic E-state index is 5.33. The average Bonchev–Trinajstić information content (AvgIpc) is 3.62. The van der Waals surface area contributed by atoms with Crippen molar-refractivity contribution in [3.63, 3.8) is 0 Å². The maximum Gasteiger partial charge on any atom is 0.138 e. The van der Waals surface area contributed by atoms with Gasteiger partial charge >= 0.3 is 0 Å². The minimum Gasteiger partial charge on any atom is -0.309 e. The Labute approximate surface area is 254 Å². The number of benzene rings is 6. The Morgan fingerprint density at radius 1 is 0.386 bits per heavy atom. The highest BCUT2D eigenvalue weighted by atomic mass is 15.1. The van der Waals surface area contributed by atoms with Crippen molar-refractivity contribution < 1.29 is 0 Å². The molecule has 206 valence electrons. The van der Waals surface area contributed by atoms with Gasteiger partial charge in [-0.15, -0.1) is 0 Å². The lowest BCUT2D eigenvalue weighted by Crippen LogP contribution is -1.99. The first-order valence-corrected chi connectivity index (χ1v) is 15.0. The van der Waals surface area contributed by atoms with Crippen LogP contribution in [0.1, 0.15) is 0 Å². The van der Waals surface area contributed by atoms with E-state index in [1.54, 1.807) is 0 Å². The molecule has 0 N–H and O–H groups in total. The molecule has 6 aromatic carbocycles. The minimum absolute atomic E-state index is 0.905. The van der Waals surface area contributed by atoms with Crippen LogP contribution in [0.25, 0.3) is 77.5 Å². The number of hydrogen-bond donors (Lipinski definition) is 0. The van der Waals surface area contributed by atoms with E-state index in [1.807, 2.05) is 0 Å². The first-order chi connectivity index (χ1) is 21.8. The fraction of sp³-hybridized carbons (Fsp3) is 0. The molecule has 9 aromatic rings. The molecule has 0 radical (unpaired) electrons. The van der Waals surface area contributed by atoms with Gasteiger partial charge in [0.2, 0.25) is 0 Å². The Hall–Kier alpha value is -5.93. The Bertz CT molecular complexity index is 2480. The van der Waals surface area contributed by atoms with Gasteiger partial charge in [0.05, 0.1) is 27.8 Å². The summed E-state index contributed by atoms with van der Waals surface area (Å²) in [5.74, 6) is 0.905. The number of para-hydroxylation sites is 3. The van der Waals surface area contributed by atoms with E-state index in [0.717, 1.165) is 28.3 Å². The fourth-order valence-electron chi connectivity index (χ4n) is 6.80. The van der Waals surface area contributed by atoms with Crippen LogP contribution in [0.3, 0.4) is 0 Å². The van der Waals surface area contributed by atoms with Crippen molar-refractivity contribution in [2.75, 3.05) is 0 Å². The Kier molecular flexibility index (Phi) is 5.50. The number of rotatable bonds is 4. The summed E-state index contributed by atoms with van der Waals surface area (Å²) >= 11 is 0. The first-order valence-electron chi connectivity index (χ1n) is 15.0. The summed E-state index contributed by atoms with van der Waals surface area (Å²) in [6, 6.07) is 58.2. The lowest BCUT2D eigenvalue weighted by molar-refractivity contribution is 1.09. The van der Waals surface area contributed by atoms with Crippen molar-refractivity contribution in [3.05, 3.63) is 164 Å². The third-order valence-electron chi connectivity index (χ3n) is 8.71. The van der Waals surface area contributed by atoms with Gasteiger partial charge in [-0.25, -0.2) is 4.98 Å². The first kappa shape index (κ1) is 24.6. The molecule has 0 aliphatic rings. The van der Waals surface area contributed by atoms with Crippen LogP contribution in [0.2, 0.25) is 0 Å². The van der Waals surface area contributed by atoms with Gasteiger partial charge in [-0.3, -0.25) is 4.57 Å². The number of nitrogens with zero attached hydrogens (tertiary/aromatic N) is 3. The molecule has 0 spiro atoms. The zero-order chi connectivity index (χ0) is 29.0. The molecule has 3 nitrogen and oxygen atoms in total. The highest BCUT2D eigenvalue weighted by Crippen LogP contribution is 2.41. The molecule has 0 bridgehead atoms. The predicted molar refractivity (Wildman–Crippen MR) is 184 cm³/mol. The minimum atomic E-state index is 0.905. The van der Waals surface area contributed by atoms with Crippen molar-refractivity contribution >= 4 is 43.6 Å². The number of fused-ring (bicyclic) bond motifs is 7. The molecule has 9 rings (SSSR count). The van der Waals surface area contributed by atoms with Gasteiger partial charge in [-0.2, -0.15) is 0 Å². The van der Waals surface area contributed by atoms with Crippen LogP contribution in [-0.2, 0) is 0 Å². The zero-order valence-electron chi connectivity index (χ0n) is 23.9. The highest BCUT2D eigenvalue weighted by Gasteiger charge is 2.21.